The summed E-state index contributed by atoms with van der Waals surface area (Å²) in [6, 6.07) is 20.9. The van der Waals surface area contributed by atoms with Gasteiger partial charge in [-0.2, -0.15) is 0 Å². The second-order valence-corrected chi connectivity index (χ2v) is 8.73. The molecule has 0 bridgehead atoms. The van der Waals surface area contributed by atoms with Crippen LogP contribution in [0.3, 0.4) is 0 Å². The number of benzene rings is 2. The van der Waals surface area contributed by atoms with Gasteiger partial charge in [0.05, 0.1) is 0 Å². The molecule has 0 spiro atoms. The van der Waals surface area contributed by atoms with Crippen molar-refractivity contribution in [3.63, 3.8) is 0 Å². The smallest absolute Gasteiger partial charge is 0.135 e. The zero-order chi connectivity index (χ0) is 15.9. The molecule has 3 heteroatoms. The minimum atomic E-state index is 0.423. The highest BCUT2D eigenvalue weighted by molar-refractivity contribution is 8.00. The first-order valence-corrected chi connectivity index (χ1v) is 10.0. The molecule has 0 aromatic heterocycles. The summed E-state index contributed by atoms with van der Waals surface area (Å²) in [6.07, 6.45) is 4.91. The first-order chi connectivity index (χ1) is 11.3. The van der Waals surface area contributed by atoms with E-state index in [2.05, 4.69) is 48.5 Å². The molecule has 2 aromatic carbocycles. The van der Waals surface area contributed by atoms with Gasteiger partial charge in [0.15, 0.2) is 0 Å². The third-order valence-corrected chi connectivity index (χ3v) is 6.61. The van der Waals surface area contributed by atoms with Gasteiger partial charge in [-0.15, -0.1) is 23.5 Å². The van der Waals surface area contributed by atoms with Gasteiger partial charge in [-0.1, -0.05) is 42.8 Å². The minimum Gasteiger partial charge on any atom is -0.300 e. The lowest BCUT2D eigenvalue weighted by Gasteiger charge is -2.23. The molecule has 3 rings (SSSR count). The molecule has 1 nitrogen and oxygen atoms in total. The number of hydrogen-bond acceptors (Lipinski definition) is 3. The number of rotatable bonds is 4. The van der Waals surface area contributed by atoms with Crippen LogP contribution in [0.1, 0.15) is 32.1 Å². The summed E-state index contributed by atoms with van der Waals surface area (Å²) in [6.45, 7) is 0. The quantitative estimate of drug-likeness (QED) is 0.694. The fourth-order valence-corrected chi connectivity index (χ4v) is 5.46. The molecule has 1 fully saturated rings. The summed E-state index contributed by atoms with van der Waals surface area (Å²) < 4.78 is 0. The Morgan fingerprint density at radius 3 is 1.57 bits per heavy atom. The maximum atomic E-state index is 12.4. The van der Waals surface area contributed by atoms with E-state index in [0.717, 1.165) is 12.8 Å². The molecule has 0 radical (unpaired) electrons. The number of thioether (sulfide) groups is 2. The summed E-state index contributed by atoms with van der Waals surface area (Å²) >= 11 is 3.74. The van der Waals surface area contributed by atoms with Crippen molar-refractivity contribution in [2.75, 3.05) is 0 Å². The van der Waals surface area contributed by atoms with Gasteiger partial charge in [-0.25, -0.2) is 0 Å². The molecule has 1 aliphatic rings. The molecule has 0 unspecified atom stereocenters. The molecule has 1 aliphatic carbocycles. The predicted molar refractivity (Wildman–Crippen MR) is 100 cm³/mol. The van der Waals surface area contributed by atoms with Crippen LogP contribution in [0.5, 0.6) is 0 Å². The van der Waals surface area contributed by atoms with Crippen molar-refractivity contribution in [2.45, 2.75) is 52.4 Å². The SMILES string of the molecule is O=C1C[C@H](Sc2ccccc2)CCC[C@H](Sc2ccccc2)C1. The van der Waals surface area contributed by atoms with E-state index in [9.17, 15) is 4.79 Å². The standard InChI is InChI=1S/C20H22OS2/c21-16-14-19(22-17-8-3-1-4-9-17)12-7-13-20(15-16)23-18-10-5-2-6-11-18/h1-6,8-11,19-20H,7,12-15H2/t19-,20+. The Hall–Kier alpha value is -1.19. The average molecular weight is 343 g/mol. The van der Waals surface area contributed by atoms with E-state index in [1.54, 1.807) is 0 Å². The van der Waals surface area contributed by atoms with Crippen LogP contribution in [-0.2, 0) is 4.79 Å². The van der Waals surface area contributed by atoms with Crippen LogP contribution in [0.2, 0.25) is 0 Å². The fourth-order valence-electron chi connectivity index (χ4n) is 2.95. The summed E-state index contributed by atoms with van der Waals surface area (Å²) in [7, 11) is 0. The Kier molecular flexibility index (Phi) is 6.23. The molecule has 2 atom stereocenters. The van der Waals surface area contributed by atoms with E-state index in [0.29, 0.717) is 29.1 Å². The molecule has 1 saturated carbocycles. The molecule has 120 valence electrons. The Balaban J connectivity index is 1.55. The van der Waals surface area contributed by atoms with E-state index < -0.39 is 0 Å². The molecule has 0 saturated heterocycles. The topological polar surface area (TPSA) is 17.1 Å². The van der Waals surface area contributed by atoms with Crippen molar-refractivity contribution in [2.24, 2.45) is 0 Å². The van der Waals surface area contributed by atoms with Crippen molar-refractivity contribution < 1.29 is 4.79 Å². The molecular formula is C20H22OS2. The Labute approximate surface area is 147 Å². The van der Waals surface area contributed by atoms with Crippen molar-refractivity contribution in [3.8, 4) is 0 Å². The van der Waals surface area contributed by atoms with E-state index >= 15 is 0 Å². The van der Waals surface area contributed by atoms with Crippen molar-refractivity contribution in [1.29, 1.82) is 0 Å². The van der Waals surface area contributed by atoms with Gasteiger partial charge in [-0.05, 0) is 37.1 Å². The highest BCUT2D eigenvalue weighted by Crippen LogP contribution is 2.35. The summed E-state index contributed by atoms with van der Waals surface area (Å²) in [5.41, 5.74) is 0. The Bertz CT molecular complexity index is 559. The largest absolute Gasteiger partial charge is 0.300 e. The molecule has 23 heavy (non-hydrogen) atoms. The van der Waals surface area contributed by atoms with Crippen LogP contribution in [0.25, 0.3) is 0 Å². The maximum Gasteiger partial charge on any atom is 0.135 e. The first-order valence-electron chi connectivity index (χ1n) is 8.25. The fraction of sp³-hybridized carbons (Fsp3) is 0.350. The zero-order valence-corrected chi connectivity index (χ0v) is 14.8. The van der Waals surface area contributed by atoms with E-state index in [1.165, 1.54) is 16.2 Å². The molecule has 0 heterocycles. The van der Waals surface area contributed by atoms with Gasteiger partial charge in [-0.3, -0.25) is 4.79 Å². The molecule has 0 aliphatic heterocycles. The van der Waals surface area contributed by atoms with E-state index in [4.69, 9.17) is 0 Å². The van der Waals surface area contributed by atoms with Gasteiger partial charge in [0.2, 0.25) is 0 Å². The third-order valence-electron chi connectivity index (χ3n) is 4.05. The van der Waals surface area contributed by atoms with Crippen molar-refractivity contribution in [3.05, 3.63) is 60.7 Å². The van der Waals surface area contributed by atoms with E-state index in [-0.39, 0.29) is 0 Å². The van der Waals surface area contributed by atoms with E-state index in [1.807, 2.05) is 35.7 Å². The summed E-state index contributed by atoms with van der Waals surface area (Å²) in [4.78, 5) is 15.0. The number of Topliss-reactive ketones (excluding diaryl/α,β-unsaturated/α-hetero) is 1. The summed E-state index contributed by atoms with van der Waals surface area (Å²) in [5.74, 6) is 0.423. The van der Waals surface area contributed by atoms with Gasteiger partial charge in [0.1, 0.15) is 5.78 Å². The van der Waals surface area contributed by atoms with Gasteiger partial charge in [0.25, 0.3) is 0 Å². The second kappa shape index (κ2) is 8.60. The lowest BCUT2D eigenvalue weighted by atomic mass is 9.99. The number of hydrogen-bond donors (Lipinski definition) is 0. The molecule has 0 N–H and O–H groups in total. The number of carbonyl (C=O) groups is 1. The van der Waals surface area contributed by atoms with Crippen LogP contribution in [0, 0.1) is 0 Å². The Morgan fingerprint density at radius 1 is 0.696 bits per heavy atom. The first kappa shape index (κ1) is 16.7. The summed E-state index contributed by atoms with van der Waals surface area (Å²) in [5, 5.41) is 0.875. The normalized spacial score (nSPS) is 22.3. The zero-order valence-electron chi connectivity index (χ0n) is 13.2. The van der Waals surface area contributed by atoms with Crippen LogP contribution < -0.4 is 0 Å². The van der Waals surface area contributed by atoms with Gasteiger partial charge >= 0.3 is 0 Å². The predicted octanol–water partition coefficient (Wildman–Crippen LogP) is 5.84. The van der Waals surface area contributed by atoms with Crippen LogP contribution >= 0.6 is 23.5 Å². The minimum absolute atomic E-state index is 0.423. The number of ketones is 1. The lowest BCUT2D eigenvalue weighted by molar-refractivity contribution is -0.119. The maximum absolute atomic E-state index is 12.4. The van der Waals surface area contributed by atoms with Gasteiger partial charge in [0, 0.05) is 33.1 Å². The van der Waals surface area contributed by atoms with Crippen LogP contribution in [0.4, 0.5) is 0 Å². The lowest BCUT2D eigenvalue weighted by Crippen LogP contribution is -2.19. The molecule has 2 aromatic rings. The Morgan fingerprint density at radius 2 is 1.13 bits per heavy atom. The second-order valence-electron chi connectivity index (χ2n) is 5.98. The molecule has 0 amide bonds. The van der Waals surface area contributed by atoms with Gasteiger partial charge < -0.3 is 0 Å². The molecular weight excluding hydrogens is 320 g/mol. The third kappa shape index (κ3) is 5.43. The van der Waals surface area contributed by atoms with Crippen molar-refractivity contribution >= 4 is 29.3 Å². The van der Waals surface area contributed by atoms with Crippen LogP contribution in [0.15, 0.2) is 70.5 Å². The highest BCUT2D eigenvalue weighted by atomic mass is 32.2. The van der Waals surface area contributed by atoms with Crippen molar-refractivity contribution in [1.82, 2.24) is 0 Å². The average Bonchev–Trinajstić information content (AvgIpc) is 2.55. The number of carbonyl (C=O) groups excluding carboxylic acids is 1. The highest BCUT2D eigenvalue weighted by Gasteiger charge is 2.23. The van der Waals surface area contributed by atoms with Crippen LogP contribution in [-0.4, -0.2) is 16.3 Å². The monoisotopic (exact) mass is 342 g/mol.